The molecule has 1 unspecified atom stereocenters. The maximum absolute atomic E-state index is 12.1. The number of carbonyl (C=O) groups is 1. The molecule has 1 aromatic carbocycles. The van der Waals surface area contributed by atoms with Gasteiger partial charge in [-0.2, -0.15) is 11.8 Å². The van der Waals surface area contributed by atoms with Gasteiger partial charge in [-0.15, -0.1) is 0 Å². The van der Waals surface area contributed by atoms with Gasteiger partial charge in [0.15, 0.2) is 0 Å². The van der Waals surface area contributed by atoms with Gasteiger partial charge in [-0.1, -0.05) is 12.1 Å². The van der Waals surface area contributed by atoms with Crippen molar-refractivity contribution in [2.24, 2.45) is 0 Å². The topological polar surface area (TPSA) is 46.3 Å². The summed E-state index contributed by atoms with van der Waals surface area (Å²) in [6.45, 7) is 2.99. The van der Waals surface area contributed by atoms with Crippen molar-refractivity contribution in [2.75, 3.05) is 23.8 Å². The summed E-state index contributed by atoms with van der Waals surface area (Å²) in [5.74, 6) is 2.33. The van der Waals surface area contributed by atoms with E-state index < -0.39 is 0 Å². The normalized spacial score (nSPS) is 20.3. The van der Waals surface area contributed by atoms with E-state index in [1.54, 1.807) is 0 Å². The zero-order chi connectivity index (χ0) is 12.3. The van der Waals surface area contributed by atoms with Crippen LogP contribution in [0.1, 0.15) is 12.5 Å². The summed E-state index contributed by atoms with van der Waals surface area (Å²) in [5.41, 5.74) is 7.40. The summed E-state index contributed by atoms with van der Waals surface area (Å²) < 4.78 is 0. The standard InChI is InChI=1S/C13H18N2OS/c1-10-9-17-7-6-15(10)13(16)8-11-2-4-12(14)5-3-11/h2-5,10H,6-9,14H2,1H3. The summed E-state index contributed by atoms with van der Waals surface area (Å²) in [7, 11) is 0. The molecule has 1 atom stereocenters. The van der Waals surface area contributed by atoms with Gasteiger partial charge >= 0.3 is 0 Å². The number of nitrogen functional groups attached to an aromatic ring is 1. The van der Waals surface area contributed by atoms with Crippen molar-refractivity contribution in [3.63, 3.8) is 0 Å². The van der Waals surface area contributed by atoms with Crippen LogP contribution in [0.2, 0.25) is 0 Å². The minimum absolute atomic E-state index is 0.225. The number of hydrogen-bond acceptors (Lipinski definition) is 3. The smallest absolute Gasteiger partial charge is 0.227 e. The van der Waals surface area contributed by atoms with Gasteiger partial charge in [-0.3, -0.25) is 4.79 Å². The monoisotopic (exact) mass is 250 g/mol. The fourth-order valence-electron chi connectivity index (χ4n) is 2.01. The second kappa shape index (κ2) is 5.45. The minimum Gasteiger partial charge on any atom is -0.399 e. The minimum atomic E-state index is 0.225. The molecule has 1 aliphatic rings. The Morgan fingerprint density at radius 3 is 2.82 bits per heavy atom. The average molecular weight is 250 g/mol. The molecule has 0 aromatic heterocycles. The van der Waals surface area contributed by atoms with Crippen molar-refractivity contribution >= 4 is 23.4 Å². The van der Waals surface area contributed by atoms with E-state index in [-0.39, 0.29) is 5.91 Å². The van der Waals surface area contributed by atoms with Crippen molar-refractivity contribution in [3.8, 4) is 0 Å². The quantitative estimate of drug-likeness (QED) is 0.814. The first-order valence-corrected chi connectivity index (χ1v) is 7.04. The molecule has 0 aliphatic carbocycles. The van der Waals surface area contributed by atoms with E-state index in [0.717, 1.165) is 29.3 Å². The van der Waals surface area contributed by atoms with Gasteiger partial charge in [0.1, 0.15) is 0 Å². The predicted octanol–water partition coefficient (Wildman–Crippen LogP) is 1.78. The van der Waals surface area contributed by atoms with Crippen LogP contribution >= 0.6 is 11.8 Å². The molecule has 4 heteroatoms. The Hall–Kier alpha value is -1.16. The molecule has 2 rings (SSSR count). The van der Waals surface area contributed by atoms with E-state index in [4.69, 9.17) is 5.73 Å². The van der Waals surface area contributed by atoms with Crippen molar-refractivity contribution in [2.45, 2.75) is 19.4 Å². The molecule has 1 saturated heterocycles. The number of hydrogen-bond donors (Lipinski definition) is 1. The third kappa shape index (κ3) is 3.16. The molecule has 0 spiro atoms. The molecule has 1 aromatic rings. The van der Waals surface area contributed by atoms with E-state index in [9.17, 15) is 4.79 Å². The number of benzene rings is 1. The summed E-state index contributed by atoms with van der Waals surface area (Å²) in [6.07, 6.45) is 0.481. The van der Waals surface area contributed by atoms with Gasteiger partial charge in [0, 0.05) is 29.8 Å². The Balaban J connectivity index is 1.98. The molecule has 1 fully saturated rings. The highest BCUT2D eigenvalue weighted by molar-refractivity contribution is 7.99. The van der Waals surface area contributed by atoms with Crippen molar-refractivity contribution < 1.29 is 4.79 Å². The van der Waals surface area contributed by atoms with Gasteiger partial charge < -0.3 is 10.6 Å². The molecule has 1 heterocycles. The van der Waals surface area contributed by atoms with Gasteiger partial charge in [0.2, 0.25) is 5.91 Å². The van der Waals surface area contributed by atoms with Crippen LogP contribution in [0.3, 0.4) is 0 Å². The molecule has 1 aliphatic heterocycles. The SMILES string of the molecule is CC1CSCCN1C(=O)Cc1ccc(N)cc1. The molecule has 0 bridgehead atoms. The summed E-state index contributed by atoms with van der Waals surface area (Å²) in [6, 6.07) is 7.90. The number of thioether (sulfide) groups is 1. The fourth-order valence-corrected chi connectivity index (χ4v) is 3.02. The van der Waals surface area contributed by atoms with Gasteiger partial charge in [-0.25, -0.2) is 0 Å². The molecular formula is C13H18N2OS. The zero-order valence-electron chi connectivity index (χ0n) is 10.1. The zero-order valence-corrected chi connectivity index (χ0v) is 10.9. The lowest BCUT2D eigenvalue weighted by molar-refractivity contribution is -0.131. The van der Waals surface area contributed by atoms with Crippen molar-refractivity contribution in [1.82, 2.24) is 4.90 Å². The third-order valence-corrected chi connectivity index (χ3v) is 4.21. The molecule has 3 nitrogen and oxygen atoms in total. The Bertz CT molecular complexity index is 391. The molecule has 1 amide bonds. The lowest BCUT2D eigenvalue weighted by Crippen LogP contribution is -2.45. The van der Waals surface area contributed by atoms with Crippen LogP contribution < -0.4 is 5.73 Å². The maximum atomic E-state index is 12.1. The first-order valence-electron chi connectivity index (χ1n) is 5.88. The highest BCUT2D eigenvalue weighted by Gasteiger charge is 2.23. The summed E-state index contributed by atoms with van der Waals surface area (Å²) >= 11 is 1.92. The number of carbonyl (C=O) groups excluding carboxylic acids is 1. The summed E-state index contributed by atoms with van der Waals surface area (Å²) in [5, 5.41) is 0. The molecule has 17 heavy (non-hydrogen) atoms. The molecule has 2 N–H and O–H groups in total. The lowest BCUT2D eigenvalue weighted by atomic mass is 10.1. The van der Waals surface area contributed by atoms with Crippen molar-refractivity contribution in [1.29, 1.82) is 0 Å². The highest BCUT2D eigenvalue weighted by Crippen LogP contribution is 2.17. The Kier molecular flexibility index (Phi) is 3.94. The van der Waals surface area contributed by atoms with Gasteiger partial charge in [-0.05, 0) is 24.6 Å². The lowest BCUT2D eigenvalue weighted by Gasteiger charge is -2.33. The van der Waals surface area contributed by atoms with Crippen LogP contribution in [0.5, 0.6) is 0 Å². The molecule has 92 valence electrons. The van der Waals surface area contributed by atoms with Crippen LogP contribution in [0.25, 0.3) is 0 Å². The second-order valence-corrected chi connectivity index (χ2v) is 5.58. The highest BCUT2D eigenvalue weighted by atomic mass is 32.2. The number of anilines is 1. The summed E-state index contributed by atoms with van der Waals surface area (Å²) in [4.78, 5) is 14.1. The van der Waals surface area contributed by atoms with Crippen molar-refractivity contribution in [3.05, 3.63) is 29.8 Å². The first kappa shape index (κ1) is 12.3. The maximum Gasteiger partial charge on any atom is 0.227 e. The van der Waals surface area contributed by atoms with Crippen LogP contribution in [0.4, 0.5) is 5.69 Å². The van der Waals surface area contributed by atoms with E-state index in [2.05, 4.69) is 6.92 Å². The molecular weight excluding hydrogens is 232 g/mol. The second-order valence-electron chi connectivity index (χ2n) is 4.43. The largest absolute Gasteiger partial charge is 0.399 e. The first-order chi connectivity index (χ1) is 8.16. The van der Waals surface area contributed by atoms with Gasteiger partial charge in [0.05, 0.1) is 6.42 Å². The van der Waals surface area contributed by atoms with E-state index in [1.807, 2.05) is 40.9 Å². The molecule has 0 radical (unpaired) electrons. The number of nitrogens with zero attached hydrogens (tertiary/aromatic N) is 1. The predicted molar refractivity (Wildman–Crippen MR) is 73.1 cm³/mol. The number of amides is 1. The average Bonchev–Trinajstić information content (AvgIpc) is 2.32. The number of rotatable bonds is 2. The van der Waals surface area contributed by atoms with Gasteiger partial charge in [0.25, 0.3) is 0 Å². The fraction of sp³-hybridized carbons (Fsp3) is 0.462. The van der Waals surface area contributed by atoms with E-state index >= 15 is 0 Å². The third-order valence-electron chi connectivity index (χ3n) is 3.02. The van der Waals surface area contributed by atoms with E-state index in [0.29, 0.717) is 12.5 Å². The Labute approximate surface area is 106 Å². The van der Waals surface area contributed by atoms with Crippen LogP contribution in [-0.2, 0) is 11.2 Å². The van der Waals surface area contributed by atoms with E-state index in [1.165, 1.54) is 0 Å². The molecule has 0 saturated carbocycles. The van der Waals surface area contributed by atoms with Crippen LogP contribution in [0, 0.1) is 0 Å². The Morgan fingerprint density at radius 2 is 2.18 bits per heavy atom. The Morgan fingerprint density at radius 1 is 1.47 bits per heavy atom. The van der Waals surface area contributed by atoms with Crippen LogP contribution in [-0.4, -0.2) is 34.9 Å². The number of nitrogens with two attached hydrogens (primary N) is 1. The van der Waals surface area contributed by atoms with Crippen LogP contribution in [0.15, 0.2) is 24.3 Å².